The molecule has 2 N–H and O–H groups in total. The van der Waals surface area contributed by atoms with Crippen LogP contribution in [0.1, 0.15) is 0 Å². The highest BCUT2D eigenvalue weighted by atomic mass is 19.3. The van der Waals surface area contributed by atoms with E-state index in [9.17, 15) is 18.3 Å². The van der Waals surface area contributed by atoms with E-state index in [1.165, 1.54) is 13.6 Å². The van der Waals surface area contributed by atoms with Crippen LogP contribution in [0, 0.1) is 0 Å². The van der Waals surface area contributed by atoms with Gasteiger partial charge in [-0.3, -0.25) is 0 Å². The Bertz CT molecular complexity index is 302. The maximum atomic E-state index is 13.9. The first kappa shape index (κ1) is 12.3. The summed E-state index contributed by atoms with van der Waals surface area (Å²) in [5.74, 6) is 0. The lowest BCUT2D eigenvalue weighted by molar-refractivity contribution is -0.00856. The Morgan fingerprint density at radius 1 is 1.60 bits per heavy atom. The molecular formula is C8H10BF3O3. The van der Waals surface area contributed by atoms with Crippen molar-refractivity contribution in [2.24, 2.45) is 0 Å². The molecule has 0 radical (unpaired) electrons. The van der Waals surface area contributed by atoms with E-state index in [1.54, 1.807) is 0 Å². The zero-order valence-corrected chi connectivity index (χ0v) is 7.95. The summed E-state index contributed by atoms with van der Waals surface area (Å²) < 4.78 is 42.3. The molecule has 15 heavy (non-hydrogen) atoms. The van der Waals surface area contributed by atoms with E-state index in [-0.39, 0.29) is 0 Å². The van der Waals surface area contributed by atoms with Gasteiger partial charge in [-0.05, 0) is 0 Å². The minimum absolute atomic E-state index is 0.438. The zero-order valence-electron chi connectivity index (χ0n) is 7.95. The van der Waals surface area contributed by atoms with Gasteiger partial charge in [-0.25, -0.2) is 4.39 Å². The molecule has 1 saturated heterocycles. The lowest BCUT2D eigenvalue weighted by atomic mass is 9.82. The molecule has 4 atom stereocenters. The van der Waals surface area contributed by atoms with Gasteiger partial charge in [0.15, 0.2) is 5.67 Å². The number of hydrogen-bond donors (Lipinski definition) is 2. The Labute approximate surface area is 85.3 Å². The molecule has 1 aliphatic rings. The van der Waals surface area contributed by atoms with Gasteiger partial charge in [-0.1, -0.05) is 5.73 Å². The molecule has 1 rings (SSSR count). The lowest BCUT2D eigenvalue weighted by Gasteiger charge is -2.21. The third-order valence-electron chi connectivity index (χ3n) is 2.39. The quantitative estimate of drug-likeness (QED) is 0.481. The SMILES string of the molecule is B[C@@H]1O[C@H](CO)[C@H](O)C1(F)C=C=C(F)F. The molecular weight excluding hydrogens is 212 g/mol. The number of ether oxygens (including phenoxy) is 1. The van der Waals surface area contributed by atoms with Crippen LogP contribution in [-0.2, 0) is 4.74 Å². The number of rotatable bonds is 2. The van der Waals surface area contributed by atoms with Crippen molar-refractivity contribution >= 4 is 7.85 Å². The van der Waals surface area contributed by atoms with Crippen molar-refractivity contribution in [3.05, 3.63) is 17.9 Å². The summed E-state index contributed by atoms with van der Waals surface area (Å²) >= 11 is 0. The van der Waals surface area contributed by atoms with Crippen LogP contribution in [-0.4, -0.2) is 48.5 Å². The highest BCUT2D eigenvalue weighted by Crippen LogP contribution is 2.34. The summed E-state index contributed by atoms with van der Waals surface area (Å²) in [6.45, 7) is -0.577. The normalized spacial score (nSPS) is 39.9. The molecule has 1 aliphatic heterocycles. The maximum absolute atomic E-state index is 13.9. The minimum atomic E-state index is -2.45. The molecule has 7 heteroatoms. The second-order valence-electron chi connectivity index (χ2n) is 3.32. The van der Waals surface area contributed by atoms with Gasteiger partial charge >= 0.3 is 6.08 Å². The van der Waals surface area contributed by atoms with Gasteiger partial charge in [-0.2, -0.15) is 8.78 Å². The molecule has 84 valence electrons. The number of hydrogen-bond acceptors (Lipinski definition) is 3. The highest BCUT2D eigenvalue weighted by Gasteiger charge is 2.53. The topological polar surface area (TPSA) is 49.7 Å². The number of halogens is 3. The van der Waals surface area contributed by atoms with Crippen molar-refractivity contribution in [3.63, 3.8) is 0 Å². The fraction of sp³-hybridized carbons (Fsp3) is 0.625. The van der Waals surface area contributed by atoms with Gasteiger partial charge in [0.2, 0.25) is 0 Å². The summed E-state index contributed by atoms with van der Waals surface area (Å²) in [4.78, 5) is 0. The molecule has 0 spiro atoms. The largest absolute Gasteiger partial charge is 0.394 e. The van der Waals surface area contributed by atoms with E-state index in [4.69, 9.17) is 9.84 Å². The standard InChI is InChI=1S/C8H10BF3O3/c9-7-8(12,2-1-5(10)11)6(14)4(3-13)15-7/h2,4,6-7,13-14H,3,9H2/t4-,6+,7-,8?/m1/s1. The van der Waals surface area contributed by atoms with Crippen LogP contribution in [0.25, 0.3) is 0 Å². The number of alkyl halides is 1. The van der Waals surface area contributed by atoms with Crippen LogP contribution in [0.2, 0.25) is 0 Å². The third kappa shape index (κ3) is 2.26. The first-order valence-corrected chi connectivity index (χ1v) is 4.34. The molecule has 0 bridgehead atoms. The van der Waals surface area contributed by atoms with Crippen LogP contribution in [0.5, 0.6) is 0 Å². The van der Waals surface area contributed by atoms with Gasteiger partial charge in [0.05, 0.1) is 12.6 Å². The molecule has 1 heterocycles. The minimum Gasteiger partial charge on any atom is -0.394 e. The molecule has 0 aromatic heterocycles. The monoisotopic (exact) mass is 222 g/mol. The van der Waals surface area contributed by atoms with E-state index < -0.39 is 36.6 Å². The maximum Gasteiger partial charge on any atom is 0.312 e. The molecule has 1 fully saturated rings. The van der Waals surface area contributed by atoms with E-state index in [2.05, 4.69) is 0 Å². The predicted molar refractivity (Wildman–Crippen MR) is 47.9 cm³/mol. The Hall–Kier alpha value is -0.745. The average molecular weight is 222 g/mol. The van der Waals surface area contributed by atoms with Gasteiger partial charge in [0, 0.05) is 6.08 Å². The first-order valence-electron chi connectivity index (χ1n) is 4.34. The average Bonchev–Trinajstić information content (AvgIpc) is 2.40. The summed E-state index contributed by atoms with van der Waals surface area (Å²) in [5.41, 5.74) is -1.05. The van der Waals surface area contributed by atoms with E-state index in [0.29, 0.717) is 6.08 Å². The van der Waals surface area contributed by atoms with Gasteiger partial charge in [-0.15, -0.1) is 0 Å². The van der Waals surface area contributed by atoms with Gasteiger partial charge in [0.1, 0.15) is 20.1 Å². The van der Waals surface area contributed by atoms with Crippen LogP contribution in [0.4, 0.5) is 13.2 Å². The van der Waals surface area contributed by atoms with E-state index in [0.717, 1.165) is 0 Å². The van der Waals surface area contributed by atoms with Crippen molar-refractivity contribution in [2.45, 2.75) is 23.9 Å². The molecule has 3 nitrogen and oxygen atoms in total. The number of aliphatic hydroxyl groups is 2. The molecule has 0 saturated carbocycles. The van der Waals surface area contributed by atoms with Crippen LogP contribution in [0.3, 0.4) is 0 Å². The highest BCUT2D eigenvalue weighted by molar-refractivity contribution is 6.12. The second kappa shape index (κ2) is 4.41. The Morgan fingerprint density at radius 3 is 2.60 bits per heavy atom. The predicted octanol–water partition coefficient (Wildman–Crippen LogP) is -0.659. The fourth-order valence-corrected chi connectivity index (χ4v) is 1.48. The van der Waals surface area contributed by atoms with Crippen LogP contribution < -0.4 is 0 Å². The fourth-order valence-electron chi connectivity index (χ4n) is 1.48. The molecule has 0 aliphatic carbocycles. The molecule has 0 amide bonds. The smallest absolute Gasteiger partial charge is 0.312 e. The first-order chi connectivity index (χ1) is 6.91. The molecule has 0 aromatic carbocycles. The Balaban J connectivity index is 2.97. The summed E-state index contributed by atoms with van der Waals surface area (Å²) in [7, 11) is 1.28. The van der Waals surface area contributed by atoms with Crippen molar-refractivity contribution in [1.82, 2.24) is 0 Å². The van der Waals surface area contributed by atoms with Crippen molar-refractivity contribution in [2.75, 3.05) is 6.61 Å². The van der Waals surface area contributed by atoms with Crippen LogP contribution in [0.15, 0.2) is 17.9 Å². The van der Waals surface area contributed by atoms with Crippen molar-refractivity contribution < 1.29 is 28.1 Å². The van der Waals surface area contributed by atoms with Crippen molar-refractivity contribution in [3.8, 4) is 0 Å². The second-order valence-corrected chi connectivity index (χ2v) is 3.32. The zero-order chi connectivity index (χ0) is 11.6. The lowest BCUT2D eigenvalue weighted by Crippen LogP contribution is -2.43. The summed E-state index contributed by atoms with van der Waals surface area (Å²) in [6, 6.07) is -1.11. The van der Waals surface area contributed by atoms with Gasteiger partial charge in [0.25, 0.3) is 0 Å². The van der Waals surface area contributed by atoms with Crippen LogP contribution >= 0.6 is 0 Å². The van der Waals surface area contributed by atoms with Crippen molar-refractivity contribution in [1.29, 1.82) is 0 Å². The van der Waals surface area contributed by atoms with E-state index in [1.807, 2.05) is 0 Å². The summed E-state index contributed by atoms with van der Waals surface area (Å²) in [5, 5.41) is 18.1. The van der Waals surface area contributed by atoms with E-state index >= 15 is 0 Å². The number of aliphatic hydroxyl groups excluding tert-OH is 2. The molecule has 1 unspecified atom stereocenters. The van der Waals surface area contributed by atoms with Gasteiger partial charge < -0.3 is 14.9 Å². The summed E-state index contributed by atoms with van der Waals surface area (Å²) in [6.07, 6.45) is -4.53. The third-order valence-corrected chi connectivity index (χ3v) is 2.39. The molecule has 0 aromatic rings. The Kier molecular flexibility index (Phi) is 3.62. The Morgan fingerprint density at radius 2 is 2.20 bits per heavy atom.